The maximum absolute atomic E-state index is 12.5. The number of carbonyl (C=O) groups excluding carboxylic acids is 3. The van der Waals surface area contributed by atoms with Crippen molar-refractivity contribution in [1.29, 1.82) is 0 Å². The van der Waals surface area contributed by atoms with Gasteiger partial charge in [0, 0.05) is 25.8 Å². The Labute approximate surface area is 282 Å². The van der Waals surface area contributed by atoms with Crippen molar-refractivity contribution in [2.24, 2.45) is 0 Å². The van der Waals surface area contributed by atoms with Crippen LogP contribution in [0, 0.1) is 0 Å². The zero-order valence-electron chi connectivity index (χ0n) is 30.3. The van der Waals surface area contributed by atoms with Gasteiger partial charge in [0.25, 0.3) is 0 Å². The molecule has 0 spiro atoms. The van der Waals surface area contributed by atoms with E-state index in [1.54, 1.807) is 6.92 Å². The fourth-order valence-electron chi connectivity index (χ4n) is 5.80. The van der Waals surface area contributed by atoms with Crippen LogP contribution in [0.3, 0.4) is 0 Å². The summed E-state index contributed by atoms with van der Waals surface area (Å²) in [6.07, 6.45) is 24.0. The number of esters is 1. The van der Waals surface area contributed by atoms with Crippen molar-refractivity contribution in [3.63, 3.8) is 0 Å². The fraction of sp³-hybridized carbons (Fsp3) is 0.892. The van der Waals surface area contributed by atoms with Gasteiger partial charge in [-0.2, -0.15) is 0 Å². The average molecular weight is 655 g/mol. The molecule has 0 radical (unpaired) electrons. The highest BCUT2D eigenvalue weighted by Crippen LogP contribution is 2.13. The Morgan fingerprint density at radius 2 is 1.11 bits per heavy atom. The number of unbranched alkanes of at least 4 members (excludes halogenated alkanes) is 16. The summed E-state index contributed by atoms with van der Waals surface area (Å²) in [4.78, 5) is 47.8. The van der Waals surface area contributed by atoms with Gasteiger partial charge >= 0.3 is 11.9 Å². The monoisotopic (exact) mass is 655 g/mol. The lowest BCUT2D eigenvalue weighted by atomic mass is 10.1. The number of ether oxygens (including phenoxy) is 1. The molecule has 46 heavy (non-hydrogen) atoms. The van der Waals surface area contributed by atoms with Crippen LogP contribution >= 0.6 is 0 Å². The predicted molar refractivity (Wildman–Crippen MR) is 188 cm³/mol. The molecule has 0 aromatic heterocycles. The van der Waals surface area contributed by atoms with Crippen LogP contribution < -0.4 is 10.6 Å². The first-order valence-electron chi connectivity index (χ1n) is 18.9. The van der Waals surface area contributed by atoms with E-state index in [0.717, 1.165) is 75.4 Å². The SMILES string of the molecule is CCCCCCCCCCCC(=O)NCCCC[C@H](NC(=O)CCCCCCCCCC[N+](C)(C)CCCC(=O)O)C(=O)OCC. The van der Waals surface area contributed by atoms with E-state index in [-0.39, 0.29) is 30.8 Å². The second-order valence-corrected chi connectivity index (χ2v) is 13.8. The van der Waals surface area contributed by atoms with Gasteiger partial charge < -0.3 is 25.0 Å². The Balaban J connectivity index is 3.94. The summed E-state index contributed by atoms with van der Waals surface area (Å²) in [6, 6.07) is -0.633. The lowest BCUT2D eigenvalue weighted by Gasteiger charge is -2.29. The van der Waals surface area contributed by atoms with Gasteiger partial charge in [-0.3, -0.25) is 14.4 Å². The number of hydrogen-bond donors (Lipinski definition) is 3. The topological polar surface area (TPSA) is 122 Å². The van der Waals surface area contributed by atoms with E-state index in [2.05, 4.69) is 31.7 Å². The molecule has 0 fully saturated rings. The minimum atomic E-state index is -0.717. The zero-order chi connectivity index (χ0) is 34.3. The van der Waals surface area contributed by atoms with Gasteiger partial charge in [-0.05, 0) is 51.9 Å². The van der Waals surface area contributed by atoms with Crippen LogP contribution in [-0.2, 0) is 23.9 Å². The molecule has 0 bridgehead atoms. The van der Waals surface area contributed by atoms with Crippen LogP contribution in [0.25, 0.3) is 0 Å². The second kappa shape index (κ2) is 30.2. The summed E-state index contributed by atoms with van der Waals surface area (Å²) in [5.74, 6) is -1.10. The third kappa shape index (κ3) is 29.3. The number of nitrogens with zero attached hydrogens (tertiary/aromatic N) is 1. The largest absolute Gasteiger partial charge is 0.481 e. The van der Waals surface area contributed by atoms with Gasteiger partial charge in [0.05, 0.1) is 40.2 Å². The normalized spacial score (nSPS) is 12.1. The molecular weight excluding hydrogens is 582 g/mol. The first-order chi connectivity index (χ1) is 22.1. The molecule has 0 aromatic carbocycles. The number of nitrogens with one attached hydrogen (secondary N) is 2. The minimum absolute atomic E-state index is 0.100. The lowest BCUT2D eigenvalue weighted by Crippen LogP contribution is -2.41. The highest BCUT2D eigenvalue weighted by atomic mass is 16.5. The molecule has 3 N–H and O–H groups in total. The van der Waals surface area contributed by atoms with Crippen LogP contribution in [0.1, 0.15) is 168 Å². The van der Waals surface area contributed by atoms with E-state index >= 15 is 0 Å². The van der Waals surface area contributed by atoms with Crippen LogP contribution in [0.4, 0.5) is 0 Å². The standard InChI is InChI=1S/C37H71N3O6/c1-5-7-8-9-10-11-14-17-20-27-34(41)38-30-23-22-26-33(37(45)46-6-2)39-35(42)28-21-18-15-12-13-16-19-24-31-40(3,4)32-25-29-36(43)44/h33H,5-32H2,1-4H3,(H2-,38,39,41,42,43,44)/p+1/t33-/m0/s1. The molecule has 0 aliphatic carbocycles. The molecular formula is C37H72N3O6+. The number of quaternary nitrogens is 1. The number of amides is 2. The summed E-state index contributed by atoms with van der Waals surface area (Å²) in [5, 5.41) is 14.7. The summed E-state index contributed by atoms with van der Waals surface area (Å²) < 4.78 is 6.07. The Morgan fingerprint density at radius 1 is 0.609 bits per heavy atom. The molecule has 9 nitrogen and oxygen atoms in total. The van der Waals surface area contributed by atoms with Gasteiger partial charge in [0.1, 0.15) is 6.04 Å². The van der Waals surface area contributed by atoms with Crippen molar-refractivity contribution in [1.82, 2.24) is 10.6 Å². The third-order valence-electron chi connectivity index (χ3n) is 8.73. The summed E-state index contributed by atoms with van der Waals surface area (Å²) in [7, 11) is 4.35. The van der Waals surface area contributed by atoms with E-state index in [9.17, 15) is 19.2 Å². The van der Waals surface area contributed by atoms with Gasteiger partial charge in [0.2, 0.25) is 11.8 Å². The number of carboxylic acids is 1. The Morgan fingerprint density at radius 3 is 1.65 bits per heavy atom. The number of aliphatic carboxylic acids is 1. The van der Waals surface area contributed by atoms with E-state index in [1.807, 2.05) is 0 Å². The highest BCUT2D eigenvalue weighted by Gasteiger charge is 2.21. The lowest BCUT2D eigenvalue weighted by molar-refractivity contribution is -0.890. The Kier molecular flexibility index (Phi) is 28.8. The van der Waals surface area contributed by atoms with Crippen molar-refractivity contribution < 1.29 is 33.5 Å². The maximum Gasteiger partial charge on any atom is 0.328 e. The highest BCUT2D eigenvalue weighted by molar-refractivity contribution is 5.84. The third-order valence-corrected chi connectivity index (χ3v) is 8.73. The Hall–Kier alpha value is -2.16. The molecule has 270 valence electrons. The van der Waals surface area contributed by atoms with Crippen molar-refractivity contribution in [3.8, 4) is 0 Å². The van der Waals surface area contributed by atoms with Crippen LogP contribution in [-0.4, -0.2) is 79.7 Å². The molecule has 0 aliphatic rings. The second-order valence-electron chi connectivity index (χ2n) is 13.8. The molecule has 1 atom stereocenters. The number of carboxylic acid groups (broad SMARTS) is 1. The quantitative estimate of drug-likeness (QED) is 0.0379. The van der Waals surface area contributed by atoms with Gasteiger partial charge in [-0.1, -0.05) is 90.4 Å². The van der Waals surface area contributed by atoms with Gasteiger partial charge in [0.15, 0.2) is 0 Å². The van der Waals surface area contributed by atoms with Crippen LogP contribution in [0.15, 0.2) is 0 Å². The summed E-state index contributed by atoms with van der Waals surface area (Å²) >= 11 is 0. The van der Waals surface area contributed by atoms with E-state index < -0.39 is 12.0 Å². The first-order valence-corrected chi connectivity index (χ1v) is 18.9. The van der Waals surface area contributed by atoms with Crippen molar-refractivity contribution in [2.75, 3.05) is 40.3 Å². The molecule has 0 unspecified atom stereocenters. The smallest absolute Gasteiger partial charge is 0.328 e. The molecule has 0 aromatic rings. The molecule has 9 heteroatoms. The minimum Gasteiger partial charge on any atom is -0.481 e. The first kappa shape index (κ1) is 43.8. The summed E-state index contributed by atoms with van der Waals surface area (Å²) in [5.41, 5.74) is 0. The molecule has 0 rings (SSSR count). The number of hydrogen-bond acceptors (Lipinski definition) is 5. The predicted octanol–water partition coefficient (Wildman–Crippen LogP) is 7.69. The van der Waals surface area contributed by atoms with Crippen molar-refractivity contribution in [2.45, 2.75) is 174 Å². The van der Waals surface area contributed by atoms with Crippen molar-refractivity contribution in [3.05, 3.63) is 0 Å². The van der Waals surface area contributed by atoms with Crippen LogP contribution in [0.5, 0.6) is 0 Å². The van der Waals surface area contributed by atoms with E-state index in [4.69, 9.17) is 9.84 Å². The number of rotatable bonds is 33. The molecule has 0 heterocycles. The van der Waals surface area contributed by atoms with Gasteiger partial charge in [-0.15, -0.1) is 0 Å². The van der Waals surface area contributed by atoms with Gasteiger partial charge in [-0.25, -0.2) is 4.79 Å². The van der Waals surface area contributed by atoms with Crippen LogP contribution in [0.2, 0.25) is 0 Å². The maximum atomic E-state index is 12.5. The van der Waals surface area contributed by atoms with E-state index in [0.29, 0.717) is 25.8 Å². The molecule has 0 saturated heterocycles. The number of carbonyl (C=O) groups is 4. The fourth-order valence-corrected chi connectivity index (χ4v) is 5.80. The van der Waals surface area contributed by atoms with Crippen molar-refractivity contribution >= 4 is 23.8 Å². The Bertz CT molecular complexity index is 789. The van der Waals surface area contributed by atoms with E-state index in [1.165, 1.54) is 70.6 Å². The molecule has 2 amide bonds. The molecule has 0 aliphatic heterocycles. The molecule has 0 saturated carbocycles. The summed E-state index contributed by atoms with van der Waals surface area (Å²) in [6.45, 7) is 6.86. The zero-order valence-corrected chi connectivity index (χ0v) is 30.3. The average Bonchev–Trinajstić information content (AvgIpc) is 3.00.